The molecule has 1 amide bonds. The van der Waals surface area contributed by atoms with Gasteiger partial charge in [0.25, 0.3) is 5.91 Å². The average Bonchev–Trinajstić information content (AvgIpc) is 2.84. The van der Waals surface area contributed by atoms with Gasteiger partial charge in [-0.2, -0.15) is 0 Å². The number of alkyl halides is 1. The number of anilines is 1. The van der Waals surface area contributed by atoms with Gasteiger partial charge in [-0.25, -0.2) is 12.8 Å². The van der Waals surface area contributed by atoms with Crippen molar-refractivity contribution in [1.82, 2.24) is 5.32 Å². The van der Waals surface area contributed by atoms with Crippen molar-refractivity contribution in [2.24, 2.45) is 17.6 Å². The Balaban J connectivity index is 2.47. The molecule has 36 heavy (non-hydrogen) atoms. The van der Waals surface area contributed by atoms with E-state index in [1.165, 1.54) is 4.31 Å². The third kappa shape index (κ3) is 8.75. The van der Waals surface area contributed by atoms with E-state index in [2.05, 4.69) is 26.1 Å². The number of amides is 1. The minimum atomic E-state index is -3.56. The quantitative estimate of drug-likeness (QED) is 0.399. The van der Waals surface area contributed by atoms with Crippen LogP contribution in [0.5, 0.6) is 0 Å². The van der Waals surface area contributed by atoms with E-state index in [1.54, 1.807) is 18.2 Å². The van der Waals surface area contributed by atoms with Gasteiger partial charge < -0.3 is 11.1 Å². The summed E-state index contributed by atoms with van der Waals surface area (Å²) in [6, 6.07) is 13.0. The second-order valence-corrected chi connectivity index (χ2v) is 11.6. The lowest BCUT2D eigenvalue weighted by Gasteiger charge is -2.25. The number of rotatable bonds is 13. The van der Waals surface area contributed by atoms with Crippen molar-refractivity contribution in [3.8, 4) is 0 Å². The first-order chi connectivity index (χ1) is 17.0. The number of sulfonamides is 1. The molecular weight excluding hydrogens is 477 g/mol. The number of benzene rings is 2. The number of nitrogens with one attached hydrogen (secondary N) is 1. The number of hydrogen-bond acceptors (Lipinski definition) is 4. The topological polar surface area (TPSA) is 92.5 Å². The molecule has 0 radical (unpaired) electrons. The summed E-state index contributed by atoms with van der Waals surface area (Å²) >= 11 is 0. The van der Waals surface area contributed by atoms with Crippen molar-refractivity contribution in [2.75, 3.05) is 23.8 Å². The van der Waals surface area contributed by atoms with Crippen LogP contribution in [0.2, 0.25) is 0 Å². The molecule has 2 rings (SSSR count). The van der Waals surface area contributed by atoms with Gasteiger partial charge in [0.2, 0.25) is 10.0 Å². The fraction of sp³-hybridized carbons (Fsp3) is 0.464. The van der Waals surface area contributed by atoms with Crippen LogP contribution in [-0.2, 0) is 16.4 Å². The summed E-state index contributed by atoms with van der Waals surface area (Å²) in [5.74, 6) is 0.296. The van der Waals surface area contributed by atoms with Crippen LogP contribution < -0.4 is 15.4 Å². The fourth-order valence-corrected chi connectivity index (χ4v) is 4.72. The molecule has 0 fully saturated rings. The van der Waals surface area contributed by atoms with Crippen molar-refractivity contribution in [3.63, 3.8) is 0 Å². The van der Waals surface area contributed by atoms with E-state index in [0.717, 1.165) is 11.8 Å². The molecule has 3 atom stereocenters. The van der Waals surface area contributed by atoms with Crippen LogP contribution in [0.4, 0.5) is 10.1 Å². The Morgan fingerprint density at radius 2 is 1.81 bits per heavy atom. The van der Waals surface area contributed by atoms with Crippen LogP contribution in [0.15, 0.2) is 54.6 Å². The molecule has 198 valence electrons. The van der Waals surface area contributed by atoms with Gasteiger partial charge in [-0.05, 0) is 54.0 Å². The van der Waals surface area contributed by atoms with E-state index < -0.39 is 34.7 Å². The van der Waals surface area contributed by atoms with Crippen molar-refractivity contribution >= 4 is 27.7 Å². The smallest absolute Gasteiger partial charge is 0.251 e. The second-order valence-electron chi connectivity index (χ2n) is 9.70. The highest BCUT2D eigenvalue weighted by molar-refractivity contribution is 7.92. The van der Waals surface area contributed by atoms with Crippen molar-refractivity contribution in [2.45, 2.75) is 52.6 Å². The van der Waals surface area contributed by atoms with Crippen LogP contribution in [0.3, 0.4) is 0 Å². The summed E-state index contributed by atoms with van der Waals surface area (Å²) in [5, 5.41) is 2.88. The number of nitrogens with zero attached hydrogens (tertiary/aromatic N) is 1. The predicted molar refractivity (Wildman–Crippen MR) is 147 cm³/mol. The van der Waals surface area contributed by atoms with Gasteiger partial charge in [0.05, 0.1) is 24.0 Å². The molecule has 1 unspecified atom stereocenters. The zero-order chi connectivity index (χ0) is 26.9. The first kappa shape index (κ1) is 29.5. The van der Waals surface area contributed by atoms with E-state index in [1.807, 2.05) is 49.4 Å². The van der Waals surface area contributed by atoms with E-state index >= 15 is 0 Å². The highest BCUT2D eigenvalue weighted by Gasteiger charge is 2.23. The average molecular weight is 518 g/mol. The Hall–Kier alpha value is -2.71. The Morgan fingerprint density at radius 3 is 2.36 bits per heavy atom. The van der Waals surface area contributed by atoms with Crippen LogP contribution in [0.1, 0.15) is 55.6 Å². The molecule has 0 bridgehead atoms. The number of halogens is 1. The highest BCUT2D eigenvalue weighted by Crippen LogP contribution is 2.24. The van der Waals surface area contributed by atoms with E-state index in [0.29, 0.717) is 48.0 Å². The predicted octanol–water partition coefficient (Wildman–Crippen LogP) is 4.81. The fourth-order valence-electron chi connectivity index (χ4n) is 3.72. The van der Waals surface area contributed by atoms with Crippen molar-refractivity contribution in [1.29, 1.82) is 0 Å². The molecule has 0 heterocycles. The SMILES string of the molecule is CCCN(c1cc(/C=C\C(C)C(C)C)cc(C(=O)N[C@@H](Cc2ccccc2)[C@@H](N)CF)c1)S(C)(=O)=O. The Bertz CT molecular complexity index is 1120. The van der Waals surface area contributed by atoms with Crippen LogP contribution in [0, 0.1) is 11.8 Å². The van der Waals surface area contributed by atoms with Gasteiger partial charge in [-0.15, -0.1) is 0 Å². The van der Waals surface area contributed by atoms with E-state index in [9.17, 15) is 17.6 Å². The van der Waals surface area contributed by atoms with E-state index in [-0.39, 0.29) is 0 Å². The first-order valence-corrected chi connectivity index (χ1v) is 14.3. The van der Waals surface area contributed by atoms with Gasteiger partial charge in [-0.1, -0.05) is 70.2 Å². The van der Waals surface area contributed by atoms with Crippen molar-refractivity contribution in [3.05, 3.63) is 71.3 Å². The molecule has 6 nitrogen and oxygen atoms in total. The van der Waals surface area contributed by atoms with Crippen LogP contribution in [0.25, 0.3) is 6.08 Å². The summed E-state index contributed by atoms with van der Waals surface area (Å²) in [4.78, 5) is 13.4. The third-order valence-corrected chi connectivity index (χ3v) is 7.47. The lowest BCUT2D eigenvalue weighted by atomic mass is 9.96. The third-order valence-electron chi connectivity index (χ3n) is 6.27. The minimum absolute atomic E-state index is 0.290. The van der Waals surface area contributed by atoms with Crippen LogP contribution >= 0.6 is 0 Å². The monoisotopic (exact) mass is 517 g/mol. The standard InChI is InChI=1S/C28H40FN3O3S/c1-6-14-32(36(5,34)35)25-16-23(13-12-21(4)20(2)3)15-24(18-25)28(33)31-27(26(30)19-29)17-22-10-8-7-9-11-22/h7-13,15-16,18,20-21,26-27H,6,14,17,19,30H2,1-5H3,(H,31,33)/b13-12-/t21?,26-,27-/m0/s1. The Morgan fingerprint density at radius 1 is 1.14 bits per heavy atom. The van der Waals surface area contributed by atoms with Gasteiger partial charge in [0.15, 0.2) is 0 Å². The van der Waals surface area contributed by atoms with Gasteiger partial charge in [0.1, 0.15) is 6.67 Å². The number of carbonyl (C=O) groups excluding carboxylic acids is 1. The Kier molecular flexibility index (Phi) is 11.1. The normalized spacial score (nSPS) is 14.6. The molecule has 0 aliphatic heterocycles. The molecular formula is C28H40FN3O3S. The molecule has 0 spiro atoms. The summed E-state index contributed by atoms with van der Waals surface area (Å²) in [6.07, 6.45) is 6.10. The maximum atomic E-state index is 13.5. The lowest BCUT2D eigenvalue weighted by molar-refractivity contribution is 0.0928. The minimum Gasteiger partial charge on any atom is -0.347 e. The van der Waals surface area contributed by atoms with Crippen molar-refractivity contribution < 1.29 is 17.6 Å². The molecule has 2 aromatic carbocycles. The molecule has 0 aliphatic carbocycles. The summed E-state index contributed by atoms with van der Waals surface area (Å²) in [7, 11) is -3.56. The first-order valence-electron chi connectivity index (χ1n) is 12.4. The van der Waals surface area contributed by atoms with Gasteiger partial charge in [-0.3, -0.25) is 9.10 Å². The highest BCUT2D eigenvalue weighted by atomic mass is 32.2. The molecule has 0 aliphatic rings. The summed E-state index contributed by atoms with van der Waals surface area (Å²) < 4.78 is 39.9. The molecule has 2 aromatic rings. The zero-order valence-corrected chi connectivity index (χ0v) is 22.8. The molecule has 0 saturated heterocycles. The zero-order valence-electron chi connectivity index (χ0n) is 21.9. The van der Waals surface area contributed by atoms with Crippen LogP contribution in [-0.4, -0.2) is 45.9 Å². The maximum Gasteiger partial charge on any atom is 0.251 e. The maximum absolute atomic E-state index is 13.5. The number of carbonyl (C=O) groups is 1. The largest absolute Gasteiger partial charge is 0.347 e. The molecule has 8 heteroatoms. The van der Waals surface area contributed by atoms with E-state index in [4.69, 9.17) is 5.73 Å². The number of nitrogens with two attached hydrogens (primary N) is 1. The Labute approximate surface area is 215 Å². The second kappa shape index (κ2) is 13.6. The van der Waals surface area contributed by atoms with Gasteiger partial charge >= 0.3 is 0 Å². The number of allylic oxidation sites excluding steroid dienone is 1. The molecule has 3 N–H and O–H groups in total. The summed E-state index contributed by atoms with van der Waals surface area (Å²) in [6.45, 7) is 7.75. The molecule has 0 aromatic heterocycles. The number of hydrogen-bond donors (Lipinski definition) is 2. The van der Waals surface area contributed by atoms with Gasteiger partial charge in [0, 0.05) is 12.1 Å². The summed E-state index contributed by atoms with van der Waals surface area (Å²) in [5.41, 5.74) is 8.36. The molecule has 0 saturated carbocycles. The lowest BCUT2D eigenvalue weighted by Crippen LogP contribution is -2.50.